The topological polar surface area (TPSA) is 89.9 Å². The van der Waals surface area contributed by atoms with Crippen LogP contribution >= 0.6 is 11.8 Å². The maximum Gasteiger partial charge on any atom is 0.223 e. The Morgan fingerprint density at radius 3 is 3.00 bits per heavy atom. The van der Waals surface area contributed by atoms with Crippen molar-refractivity contribution in [3.63, 3.8) is 0 Å². The zero-order chi connectivity index (χ0) is 14.1. The molecule has 7 nitrogen and oxygen atoms in total. The number of hydrogen-bond acceptors (Lipinski definition) is 6. The molecule has 110 valence electrons. The van der Waals surface area contributed by atoms with E-state index in [1.165, 1.54) is 18.2 Å². The SMILES string of the molecule is Cn1nnnc1SCCC(=O)N1CC2CCC(N)C2C1. The second-order valence-corrected chi connectivity index (χ2v) is 6.71. The third-order valence-corrected chi connectivity index (χ3v) is 5.41. The van der Waals surface area contributed by atoms with Crippen LogP contribution in [0.5, 0.6) is 0 Å². The Kier molecular flexibility index (Phi) is 3.93. The van der Waals surface area contributed by atoms with Crippen molar-refractivity contribution in [1.82, 2.24) is 25.1 Å². The fourth-order valence-electron chi connectivity index (χ4n) is 3.24. The van der Waals surface area contributed by atoms with Gasteiger partial charge in [0, 0.05) is 38.4 Å². The zero-order valence-electron chi connectivity index (χ0n) is 11.6. The van der Waals surface area contributed by atoms with Crippen LogP contribution in [0.2, 0.25) is 0 Å². The Balaban J connectivity index is 1.45. The Morgan fingerprint density at radius 2 is 2.30 bits per heavy atom. The smallest absolute Gasteiger partial charge is 0.223 e. The van der Waals surface area contributed by atoms with Crippen molar-refractivity contribution < 1.29 is 4.79 Å². The largest absolute Gasteiger partial charge is 0.342 e. The summed E-state index contributed by atoms with van der Waals surface area (Å²) in [6.07, 6.45) is 2.83. The van der Waals surface area contributed by atoms with E-state index < -0.39 is 0 Å². The van der Waals surface area contributed by atoms with Crippen molar-refractivity contribution in [2.75, 3.05) is 18.8 Å². The number of rotatable bonds is 4. The van der Waals surface area contributed by atoms with Crippen LogP contribution in [0, 0.1) is 11.8 Å². The number of likely N-dealkylation sites (tertiary alicyclic amines) is 1. The predicted octanol–water partition coefficient (Wildman–Crippen LogP) is -0.112. The van der Waals surface area contributed by atoms with Gasteiger partial charge < -0.3 is 10.6 Å². The Hall–Kier alpha value is -1.15. The van der Waals surface area contributed by atoms with E-state index in [1.807, 2.05) is 4.90 Å². The van der Waals surface area contributed by atoms with E-state index in [0.717, 1.165) is 24.7 Å². The highest BCUT2D eigenvalue weighted by Crippen LogP contribution is 2.37. The second-order valence-electron chi connectivity index (χ2n) is 5.65. The number of fused-ring (bicyclic) bond motifs is 1. The van der Waals surface area contributed by atoms with E-state index in [1.54, 1.807) is 11.7 Å². The van der Waals surface area contributed by atoms with Crippen LogP contribution in [0.1, 0.15) is 19.3 Å². The first-order valence-corrected chi connectivity index (χ1v) is 8.02. The summed E-state index contributed by atoms with van der Waals surface area (Å²) in [5, 5.41) is 12.0. The van der Waals surface area contributed by atoms with Crippen LogP contribution in [0.25, 0.3) is 0 Å². The first-order valence-electron chi connectivity index (χ1n) is 7.03. The predicted molar refractivity (Wildman–Crippen MR) is 74.9 cm³/mol. The van der Waals surface area contributed by atoms with Gasteiger partial charge in [-0.3, -0.25) is 4.79 Å². The van der Waals surface area contributed by atoms with E-state index in [9.17, 15) is 4.79 Å². The highest BCUT2D eigenvalue weighted by molar-refractivity contribution is 7.99. The highest BCUT2D eigenvalue weighted by Gasteiger charge is 2.42. The minimum absolute atomic E-state index is 0.231. The van der Waals surface area contributed by atoms with Crippen LogP contribution in [0.3, 0.4) is 0 Å². The molecule has 1 aliphatic carbocycles. The first kappa shape index (κ1) is 13.8. The molecule has 0 spiro atoms. The molecule has 2 N–H and O–H groups in total. The summed E-state index contributed by atoms with van der Waals surface area (Å²) in [5.41, 5.74) is 6.10. The number of amides is 1. The molecule has 0 aromatic carbocycles. The van der Waals surface area contributed by atoms with E-state index >= 15 is 0 Å². The summed E-state index contributed by atoms with van der Waals surface area (Å²) in [4.78, 5) is 14.2. The second kappa shape index (κ2) is 5.69. The standard InChI is InChI=1S/C12H20N6OS/c1-17-12(14-15-16-17)20-5-4-11(19)18-6-8-2-3-10(13)9(8)7-18/h8-10H,2-7,13H2,1H3. The number of thioether (sulfide) groups is 1. The molecule has 2 fully saturated rings. The van der Waals surface area contributed by atoms with Crippen molar-refractivity contribution in [2.45, 2.75) is 30.5 Å². The summed E-state index contributed by atoms with van der Waals surface area (Å²) in [5.74, 6) is 2.10. The van der Waals surface area contributed by atoms with Gasteiger partial charge in [0.25, 0.3) is 0 Å². The average molecular weight is 296 g/mol. The Labute approximate surface area is 122 Å². The highest BCUT2D eigenvalue weighted by atomic mass is 32.2. The van der Waals surface area contributed by atoms with Crippen molar-refractivity contribution in [3.8, 4) is 0 Å². The van der Waals surface area contributed by atoms with E-state index in [4.69, 9.17) is 5.73 Å². The number of carbonyl (C=O) groups is 1. The molecule has 0 radical (unpaired) electrons. The number of aromatic nitrogens is 4. The fraction of sp³-hybridized carbons (Fsp3) is 0.833. The van der Waals surface area contributed by atoms with E-state index in [-0.39, 0.29) is 11.9 Å². The van der Waals surface area contributed by atoms with Crippen LogP contribution in [-0.4, -0.2) is 55.9 Å². The van der Waals surface area contributed by atoms with Gasteiger partial charge in [-0.25, -0.2) is 4.68 Å². The molecule has 8 heteroatoms. The van der Waals surface area contributed by atoms with Gasteiger partial charge in [0.15, 0.2) is 0 Å². The molecular formula is C12H20N6OS. The molecule has 2 heterocycles. The Morgan fingerprint density at radius 1 is 1.45 bits per heavy atom. The third-order valence-electron chi connectivity index (χ3n) is 4.39. The fourth-order valence-corrected chi connectivity index (χ4v) is 4.02. The molecule has 3 atom stereocenters. The first-order chi connectivity index (χ1) is 9.65. The van der Waals surface area contributed by atoms with Gasteiger partial charge in [-0.05, 0) is 35.1 Å². The lowest BCUT2D eigenvalue weighted by Crippen LogP contribution is -2.33. The minimum Gasteiger partial charge on any atom is -0.342 e. The molecule has 1 amide bonds. The quantitative estimate of drug-likeness (QED) is 0.780. The molecule has 1 aromatic heterocycles. The minimum atomic E-state index is 0.231. The van der Waals surface area contributed by atoms with E-state index in [2.05, 4.69) is 15.5 Å². The van der Waals surface area contributed by atoms with Crippen LogP contribution < -0.4 is 5.73 Å². The van der Waals surface area contributed by atoms with Gasteiger partial charge in [0.05, 0.1) is 0 Å². The lowest BCUT2D eigenvalue weighted by atomic mass is 9.98. The summed E-state index contributed by atoms with van der Waals surface area (Å²) >= 11 is 1.52. The van der Waals surface area contributed by atoms with Gasteiger partial charge in [-0.1, -0.05) is 11.8 Å². The number of aryl methyl sites for hydroxylation is 1. The van der Waals surface area contributed by atoms with Crippen LogP contribution in [-0.2, 0) is 11.8 Å². The van der Waals surface area contributed by atoms with E-state index in [0.29, 0.717) is 24.0 Å². The van der Waals surface area contributed by atoms with Crippen LogP contribution in [0.15, 0.2) is 5.16 Å². The summed E-state index contributed by atoms with van der Waals surface area (Å²) < 4.78 is 1.62. The van der Waals surface area contributed by atoms with Crippen molar-refractivity contribution in [2.24, 2.45) is 24.6 Å². The van der Waals surface area contributed by atoms with Crippen molar-refractivity contribution >= 4 is 17.7 Å². The number of tetrazole rings is 1. The summed E-state index contributed by atoms with van der Waals surface area (Å²) in [6, 6.07) is 0.289. The number of hydrogen-bond donors (Lipinski definition) is 1. The molecule has 3 unspecified atom stereocenters. The average Bonchev–Trinajstić information content (AvgIpc) is 3.09. The van der Waals surface area contributed by atoms with Crippen molar-refractivity contribution in [1.29, 1.82) is 0 Å². The molecule has 3 rings (SSSR count). The third kappa shape index (κ3) is 2.67. The zero-order valence-corrected chi connectivity index (χ0v) is 12.4. The summed E-state index contributed by atoms with van der Waals surface area (Å²) in [7, 11) is 1.80. The lowest BCUT2D eigenvalue weighted by Gasteiger charge is -2.18. The van der Waals surface area contributed by atoms with Gasteiger partial charge in [0.2, 0.25) is 11.1 Å². The molecule has 20 heavy (non-hydrogen) atoms. The normalized spacial score (nSPS) is 28.9. The number of nitrogens with zero attached hydrogens (tertiary/aromatic N) is 5. The maximum atomic E-state index is 12.2. The molecule has 1 saturated heterocycles. The lowest BCUT2D eigenvalue weighted by molar-refractivity contribution is -0.130. The summed E-state index contributed by atoms with van der Waals surface area (Å²) in [6.45, 7) is 1.74. The molecule has 1 aliphatic heterocycles. The molecule has 0 bridgehead atoms. The molecule has 2 aliphatic rings. The molecule has 1 saturated carbocycles. The van der Waals surface area contributed by atoms with Gasteiger partial charge in [-0.2, -0.15) is 0 Å². The molecule has 1 aromatic rings. The maximum absolute atomic E-state index is 12.2. The van der Waals surface area contributed by atoms with Crippen molar-refractivity contribution in [3.05, 3.63) is 0 Å². The molecular weight excluding hydrogens is 276 g/mol. The monoisotopic (exact) mass is 296 g/mol. The van der Waals surface area contributed by atoms with Crippen LogP contribution in [0.4, 0.5) is 0 Å². The van der Waals surface area contributed by atoms with Gasteiger partial charge in [-0.15, -0.1) is 5.10 Å². The Bertz CT molecular complexity index is 492. The number of nitrogens with two attached hydrogens (primary N) is 1. The van der Waals surface area contributed by atoms with Gasteiger partial charge in [0.1, 0.15) is 0 Å². The van der Waals surface area contributed by atoms with Gasteiger partial charge >= 0.3 is 0 Å². The number of carbonyl (C=O) groups excluding carboxylic acids is 1.